The first-order valence-electron chi connectivity index (χ1n) is 8.00. The quantitative estimate of drug-likeness (QED) is 0.884. The number of aryl methyl sites for hydroxylation is 2. The van der Waals surface area contributed by atoms with Gasteiger partial charge in [0, 0.05) is 17.3 Å². The molecule has 0 bridgehead atoms. The smallest absolute Gasteiger partial charge is 0.297 e. The summed E-state index contributed by atoms with van der Waals surface area (Å²) in [5, 5.41) is 16.9. The Bertz CT molecular complexity index is 764. The maximum Gasteiger partial charge on any atom is 0.297 e. The summed E-state index contributed by atoms with van der Waals surface area (Å²) < 4.78 is 0. The van der Waals surface area contributed by atoms with E-state index in [2.05, 4.69) is 26.0 Å². The molecular weight excluding hydrogens is 308 g/mol. The van der Waals surface area contributed by atoms with Crippen LogP contribution in [0.4, 0.5) is 5.69 Å². The van der Waals surface area contributed by atoms with Crippen LogP contribution in [-0.4, -0.2) is 38.1 Å². The number of carbonyl (C=O) groups is 2. The van der Waals surface area contributed by atoms with Gasteiger partial charge in [0.25, 0.3) is 17.6 Å². The van der Waals surface area contributed by atoms with E-state index in [1.807, 2.05) is 6.92 Å². The molecule has 0 atom stereocenters. The van der Waals surface area contributed by atoms with Crippen molar-refractivity contribution in [2.45, 2.75) is 38.6 Å². The summed E-state index contributed by atoms with van der Waals surface area (Å²) in [4.78, 5) is 25.6. The summed E-state index contributed by atoms with van der Waals surface area (Å²) in [5.41, 5.74) is 2.01. The van der Waals surface area contributed by atoms with Crippen molar-refractivity contribution in [3.8, 4) is 0 Å². The molecule has 1 aromatic heterocycles. The third-order valence-corrected chi connectivity index (χ3v) is 4.14. The molecule has 8 heteroatoms. The molecule has 2 N–H and O–H groups in total. The molecule has 1 aromatic carbocycles. The zero-order valence-corrected chi connectivity index (χ0v) is 13.7. The SMILES string of the molecule is Cc1cc(C(=O)NC2CCCC2)ccc1NC(=O)c1nnn(C)n1. The lowest BCUT2D eigenvalue weighted by molar-refractivity contribution is 0.0937. The van der Waals surface area contributed by atoms with Gasteiger partial charge in [0.05, 0.1) is 7.05 Å². The second kappa shape index (κ2) is 6.77. The lowest BCUT2D eigenvalue weighted by Gasteiger charge is -2.13. The standard InChI is InChI=1S/C16H20N6O2/c1-10-9-11(15(23)17-12-5-3-4-6-12)7-8-13(10)18-16(24)14-19-21-22(2)20-14/h7-9,12H,3-6H2,1-2H3,(H,17,23)(H,18,24). The molecule has 24 heavy (non-hydrogen) atoms. The molecule has 0 saturated heterocycles. The Labute approximate surface area is 139 Å². The molecule has 1 fully saturated rings. The normalized spacial score (nSPS) is 14.6. The van der Waals surface area contributed by atoms with Crippen LogP contribution in [0.2, 0.25) is 0 Å². The van der Waals surface area contributed by atoms with Crippen LogP contribution < -0.4 is 10.6 Å². The van der Waals surface area contributed by atoms with E-state index in [0.29, 0.717) is 11.3 Å². The maximum absolute atomic E-state index is 12.3. The van der Waals surface area contributed by atoms with Gasteiger partial charge in [-0.05, 0) is 48.7 Å². The number of carbonyl (C=O) groups excluding carboxylic acids is 2. The summed E-state index contributed by atoms with van der Waals surface area (Å²) in [7, 11) is 1.59. The van der Waals surface area contributed by atoms with E-state index in [1.165, 1.54) is 17.6 Å². The third-order valence-electron chi connectivity index (χ3n) is 4.14. The number of tetrazole rings is 1. The molecule has 126 valence electrons. The number of rotatable bonds is 4. The number of nitrogens with zero attached hydrogens (tertiary/aromatic N) is 4. The lowest BCUT2D eigenvalue weighted by atomic mass is 10.1. The van der Waals surface area contributed by atoms with E-state index in [1.54, 1.807) is 25.2 Å². The monoisotopic (exact) mass is 328 g/mol. The summed E-state index contributed by atoms with van der Waals surface area (Å²) in [6.07, 6.45) is 4.44. The number of nitrogens with one attached hydrogen (secondary N) is 2. The summed E-state index contributed by atoms with van der Waals surface area (Å²) in [6, 6.07) is 5.47. The zero-order chi connectivity index (χ0) is 17.1. The van der Waals surface area contributed by atoms with Gasteiger partial charge in [-0.2, -0.15) is 4.80 Å². The van der Waals surface area contributed by atoms with Crippen LogP contribution in [0.5, 0.6) is 0 Å². The molecule has 1 heterocycles. The Morgan fingerprint density at radius 3 is 2.58 bits per heavy atom. The van der Waals surface area contributed by atoms with Gasteiger partial charge in [-0.1, -0.05) is 12.8 Å². The average Bonchev–Trinajstić information content (AvgIpc) is 3.20. The first kappa shape index (κ1) is 16.1. The molecule has 1 saturated carbocycles. The summed E-state index contributed by atoms with van der Waals surface area (Å²) in [5.74, 6) is -0.507. The van der Waals surface area contributed by atoms with Crippen LogP contribution in [0.25, 0.3) is 0 Å². The van der Waals surface area contributed by atoms with Gasteiger partial charge in [0.1, 0.15) is 0 Å². The molecular formula is C16H20N6O2. The van der Waals surface area contributed by atoms with Crippen molar-refractivity contribution in [2.75, 3.05) is 5.32 Å². The highest BCUT2D eigenvalue weighted by Gasteiger charge is 2.19. The van der Waals surface area contributed by atoms with Crippen LogP contribution in [0, 0.1) is 6.92 Å². The molecule has 3 rings (SSSR count). The van der Waals surface area contributed by atoms with Crippen LogP contribution in [0.3, 0.4) is 0 Å². The van der Waals surface area contributed by atoms with Crippen molar-refractivity contribution in [3.05, 3.63) is 35.2 Å². The molecule has 1 aliphatic rings. The first-order chi connectivity index (χ1) is 11.5. The predicted molar refractivity (Wildman–Crippen MR) is 87.7 cm³/mol. The van der Waals surface area contributed by atoms with Gasteiger partial charge in [-0.25, -0.2) is 0 Å². The lowest BCUT2D eigenvalue weighted by Crippen LogP contribution is -2.32. The highest BCUT2D eigenvalue weighted by molar-refractivity contribution is 6.02. The summed E-state index contributed by atoms with van der Waals surface area (Å²) >= 11 is 0. The van der Waals surface area contributed by atoms with Crippen LogP contribution in [0.15, 0.2) is 18.2 Å². The minimum atomic E-state index is -0.436. The molecule has 0 radical (unpaired) electrons. The van der Waals surface area contributed by atoms with E-state index < -0.39 is 5.91 Å². The zero-order valence-electron chi connectivity index (χ0n) is 13.7. The largest absolute Gasteiger partial charge is 0.349 e. The van der Waals surface area contributed by atoms with Gasteiger partial charge in [-0.15, -0.1) is 10.2 Å². The minimum absolute atomic E-state index is 0.0000435. The molecule has 0 aliphatic heterocycles. The van der Waals surface area contributed by atoms with Crippen LogP contribution in [-0.2, 0) is 7.05 Å². The molecule has 0 spiro atoms. The molecule has 8 nitrogen and oxygen atoms in total. The number of amides is 2. The Balaban J connectivity index is 1.67. The topological polar surface area (TPSA) is 102 Å². The highest BCUT2D eigenvalue weighted by Crippen LogP contribution is 2.20. The minimum Gasteiger partial charge on any atom is -0.349 e. The number of anilines is 1. The Hall–Kier alpha value is -2.77. The van der Waals surface area contributed by atoms with Gasteiger partial charge in [-0.3, -0.25) is 9.59 Å². The molecule has 2 amide bonds. The van der Waals surface area contributed by atoms with Crippen molar-refractivity contribution in [3.63, 3.8) is 0 Å². The number of hydrogen-bond acceptors (Lipinski definition) is 5. The van der Waals surface area contributed by atoms with Gasteiger partial charge in [0.15, 0.2) is 0 Å². The molecule has 1 aliphatic carbocycles. The Morgan fingerprint density at radius 1 is 1.21 bits per heavy atom. The van der Waals surface area contributed by atoms with E-state index >= 15 is 0 Å². The molecule has 0 unspecified atom stereocenters. The Kier molecular flexibility index (Phi) is 4.54. The van der Waals surface area contributed by atoms with Crippen molar-refractivity contribution >= 4 is 17.5 Å². The van der Waals surface area contributed by atoms with Crippen LogP contribution >= 0.6 is 0 Å². The fraction of sp³-hybridized carbons (Fsp3) is 0.438. The van der Waals surface area contributed by atoms with E-state index in [9.17, 15) is 9.59 Å². The predicted octanol–water partition coefficient (Wildman–Crippen LogP) is 1.44. The van der Waals surface area contributed by atoms with Crippen molar-refractivity contribution < 1.29 is 9.59 Å². The first-order valence-corrected chi connectivity index (χ1v) is 8.00. The van der Waals surface area contributed by atoms with Gasteiger partial charge >= 0.3 is 0 Å². The Morgan fingerprint density at radius 2 is 1.96 bits per heavy atom. The summed E-state index contributed by atoms with van der Waals surface area (Å²) in [6.45, 7) is 1.84. The van der Waals surface area contributed by atoms with Crippen LogP contribution in [0.1, 0.15) is 52.2 Å². The highest BCUT2D eigenvalue weighted by atomic mass is 16.2. The number of benzene rings is 1. The van der Waals surface area contributed by atoms with Crippen molar-refractivity contribution in [2.24, 2.45) is 7.05 Å². The van der Waals surface area contributed by atoms with E-state index in [0.717, 1.165) is 18.4 Å². The van der Waals surface area contributed by atoms with E-state index in [-0.39, 0.29) is 17.8 Å². The van der Waals surface area contributed by atoms with Crippen molar-refractivity contribution in [1.82, 2.24) is 25.5 Å². The second-order valence-corrected chi connectivity index (χ2v) is 6.04. The fourth-order valence-corrected chi connectivity index (χ4v) is 2.84. The van der Waals surface area contributed by atoms with E-state index in [4.69, 9.17) is 0 Å². The number of aromatic nitrogens is 4. The second-order valence-electron chi connectivity index (χ2n) is 6.04. The number of hydrogen-bond donors (Lipinski definition) is 2. The van der Waals surface area contributed by atoms with Gasteiger partial charge in [0.2, 0.25) is 0 Å². The average molecular weight is 328 g/mol. The van der Waals surface area contributed by atoms with Gasteiger partial charge < -0.3 is 10.6 Å². The maximum atomic E-state index is 12.3. The van der Waals surface area contributed by atoms with Crippen molar-refractivity contribution in [1.29, 1.82) is 0 Å². The fourth-order valence-electron chi connectivity index (χ4n) is 2.84. The molecule has 2 aromatic rings. The third kappa shape index (κ3) is 3.58.